The molecule has 2 N–H and O–H groups in total. The third-order valence-corrected chi connectivity index (χ3v) is 3.64. The van der Waals surface area contributed by atoms with E-state index in [1.54, 1.807) is 19.1 Å². The topological polar surface area (TPSA) is 64.2 Å². The van der Waals surface area contributed by atoms with Crippen LogP contribution in [0, 0.1) is 18.3 Å². The fraction of sp³-hybridized carbons (Fsp3) is 0.100. The standard InChI is InChI=1S/C10H8BNO2S/c1-6-9-7(5-12)3-2-4-8(9)15-10(6)11(13)14/h2-4,13-14H,1H3. The van der Waals surface area contributed by atoms with Crippen molar-refractivity contribution < 1.29 is 10.0 Å². The highest BCUT2D eigenvalue weighted by Crippen LogP contribution is 2.26. The molecule has 1 aromatic carbocycles. The molecule has 0 amide bonds. The van der Waals surface area contributed by atoms with E-state index in [4.69, 9.17) is 15.3 Å². The van der Waals surface area contributed by atoms with Crippen molar-refractivity contribution in [2.45, 2.75) is 6.92 Å². The van der Waals surface area contributed by atoms with Crippen LogP contribution in [-0.4, -0.2) is 17.2 Å². The maximum atomic E-state index is 9.15. The molecule has 5 heteroatoms. The van der Waals surface area contributed by atoms with Crippen molar-refractivity contribution in [2.75, 3.05) is 0 Å². The van der Waals surface area contributed by atoms with Gasteiger partial charge >= 0.3 is 7.12 Å². The van der Waals surface area contributed by atoms with Crippen molar-refractivity contribution in [2.24, 2.45) is 0 Å². The number of nitriles is 1. The van der Waals surface area contributed by atoms with Crippen molar-refractivity contribution in [3.63, 3.8) is 0 Å². The molecular formula is C10H8BNO2S. The van der Waals surface area contributed by atoms with Gasteiger partial charge in [0, 0.05) is 14.9 Å². The minimum atomic E-state index is -1.46. The average molecular weight is 217 g/mol. The first-order chi connectivity index (χ1) is 7.15. The summed E-state index contributed by atoms with van der Waals surface area (Å²) in [7, 11) is -1.46. The predicted octanol–water partition coefficient (Wildman–Crippen LogP) is 0.761. The second-order valence-electron chi connectivity index (χ2n) is 3.26. The van der Waals surface area contributed by atoms with Crippen LogP contribution in [0.4, 0.5) is 0 Å². The van der Waals surface area contributed by atoms with Gasteiger partial charge in [0.1, 0.15) is 0 Å². The van der Waals surface area contributed by atoms with Crippen LogP contribution < -0.4 is 4.78 Å². The Morgan fingerprint density at radius 3 is 2.73 bits per heavy atom. The third-order valence-electron chi connectivity index (χ3n) is 2.35. The first-order valence-electron chi connectivity index (χ1n) is 4.43. The number of thiophene rings is 1. The van der Waals surface area contributed by atoms with Crippen molar-refractivity contribution in [3.05, 3.63) is 29.3 Å². The molecule has 3 nitrogen and oxygen atoms in total. The summed E-state index contributed by atoms with van der Waals surface area (Å²) in [6, 6.07) is 7.51. The number of fused-ring (bicyclic) bond motifs is 1. The van der Waals surface area contributed by atoms with Gasteiger partial charge in [-0.1, -0.05) is 6.07 Å². The molecule has 0 bridgehead atoms. The lowest BCUT2D eigenvalue weighted by molar-refractivity contribution is 0.426. The summed E-state index contributed by atoms with van der Waals surface area (Å²) in [5.74, 6) is 0. The van der Waals surface area contributed by atoms with Crippen LogP contribution in [0.3, 0.4) is 0 Å². The van der Waals surface area contributed by atoms with Crippen LogP contribution in [0.15, 0.2) is 18.2 Å². The third kappa shape index (κ3) is 1.53. The monoisotopic (exact) mass is 217 g/mol. The van der Waals surface area contributed by atoms with Gasteiger partial charge in [-0.3, -0.25) is 0 Å². The summed E-state index contributed by atoms with van der Waals surface area (Å²) in [5.41, 5.74) is 1.36. The van der Waals surface area contributed by atoms with Crippen LogP contribution in [-0.2, 0) is 0 Å². The molecule has 0 unspecified atom stereocenters. The van der Waals surface area contributed by atoms with Gasteiger partial charge in [0.05, 0.1) is 11.6 Å². The first kappa shape index (κ1) is 10.2. The summed E-state index contributed by atoms with van der Waals surface area (Å²) in [4.78, 5) is 0. The van der Waals surface area contributed by atoms with E-state index in [0.717, 1.165) is 15.6 Å². The molecule has 0 fully saturated rings. The van der Waals surface area contributed by atoms with E-state index in [0.29, 0.717) is 10.3 Å². The fourth-order valence-electron chi connectivity index (χ4n) is 1.66. The molecule has 1 heterocycles. The molecule has 2 rings (SSSR count). The molecule has 0 saturated carbocycles. The van der Waals surface area contributed by atoms with Gasteiger partial charge in [0.15, 0.2) is 0 Å². The summed E-state index contributed by atoms with van der Waals surface area (Å²) >= 11 is 1.31. The van der Waals surface area contributed by atoms with Crippen LogP contribution in [0.5, 0.6) is 0 Å². The molecule has 0 aliphatic rings. The van der Waals surface area contributed by atoms with Crippen LogP contribution in [0.25, 0.3) is 10.1 Å². The second kappa shape index (κ2) is 3.67. The van der Waals surface area contributed by atoms with E-state index in [-0.39, 0.29) is 0 Å². The zero-order chi connectivity index (χ0) is 11.0. The highest BCUT2D eigenvalue weighted by Gasteiger charge is 2.20. The smallest absolute Gasteiger partial charge is 0.423 e. The average Bonchev–Trinajstić information content (AvgIpc) is 2.56. The van der Waals surface area contributed by atoms with Gasteiger partial charge in [0.2, 0.25) is 0 Å². The number of nitrogens with zero attached hydrogens (tertiary/aromatic N) is 1. The Bertz CT molecular complexity index is 556. The normalized spacial score (nSPS) is 10.3. The maximum absolute atomic E-state index is 9.15. The number of rotatable bonds is 1. The van der Waals surface area contributed by atoms with E-state index in [9.17, 15) is 0 Å². The Morgan fingerprint density at radius 1 is 1.40 bits per heavy atom. The van der Waals surface area contributed by atoms with Gasteiger partial charge in [-0.15, -0.1) is 11.3 Å². The Kier molecular flexibility index (Phi) is 2.49. The van der Waals surface area contributed by atoms with Gasteiger partial charge < -0.3 is 10.0 Å². The number of hydrogen-bond acceptors (Lipinski definition) is 4. The van der Waals surface area contributed by atoms with E-state index >= 15 is 0 Å². The van der Waals surface area contributed by atoms with Gasteiger partial charge in [-0.2, -0.15) is 5.26 Å². The molecule has 74 valence electrons. The molecule has 0 saturated heterocycles. The fourth-order valence-corrected chi connectivity index (χ4v) is 2.77. The minimum Gasteiger partial charge on any atom is -0.423 e. The first-order valence-corrected chi connectivity index (χ1v) is 5.25. The van der Waals surface area contributed by atoms with E-state index in [2.05, 4.69) is 6.07 Å². The second-order valence-corrected chi connectivity index (χ2v) is 4.34. The Balaban J connectivity index is 2.84. The van der Waals surface area contributed by atoms with Crippen molar-refractivity contribution >= 4 is 33.3 Å². The lowest BCUT2D eigenvalue weighted by Crippen LogP contribution is -2.28. The maximum Gasteiger partial charge on any atom is 0.499 e. The van der Waals surface area contributed by atoms with Gasteiger partial charge in [-0.25, -0.2) is 0 Å². The molecular weight excluding hydrogens is 209 g/mol. The quantitative estimate of drug-likeness (QED) is 0.693. The summed E-state index contributed by atoms with van der Waals surface area (Å²) < 4.78 is 1.42. The largest absolute Gasteiger partial charge is 0.499 e. The lowest BCUT2D eigenvalue weighted by Gasteiger charge is -1.96. The Morgan fingerprint density at radius 2 is 2.13 bits per heavy atom. The summed E-state index contributed by atoms with van der Waals surface area (Å²) in [6.45, 7) is 1.80. The summed E-state index contributed by atoms with van der Waals surface area (Å²) in [5, 5.41) is 28.1. The van der Waals surface area contributed by atoms with Crippen LogP contribution >= 0.6 is 11.3 Å². The number of hydrogen-bond donors (Lipinski definition) is 2. The van der Waals surface area contributed by atoms with Gasteiger partial charge in [-0.05, 0) is 24.6 Å². The highest BCUT2D eigenvalue weighted by molar-refractivity contribution is 7.28. The SMILES string of the molecule is Cc1c(B(O)O)sc2cccc(C#N)c12. The van der Waals surface area contributed by atoms with E-state index in [1.165, 1.54) is 11.3 Å². The van der Waals surface area contributed by atoms with E-state index in [1.807, 2.05) is 6.07 Å². The van der Waals surface area contributed by atoms with Crippen LogP contribution in [0.2, 0.25) is 0 Å². The number of benzene rings is 1. The molecule has 0 radical (unpaired) electrons. The lowest BCUT2D eigenvalue weighted by atomic mass is 9.85. The van der Waals surface area contributed by atoms with Crippen molar-refractivity contribution in [1.82, 2.24) is 0 Å². The zero-order valence-corrected chi connectivity index (χ0v) is 8.88. The van der Waals surface area contributed by atoms with Gasteiger partial charge in [0.25, 0.3) is 0 Å². The predicted molar refractivity (Wildman–Crippen MR) is 61.1 cm³/mol. The van der Waals surface area contributed by atoms with Crippen LogP contribution in [0.1, 0.15) is 11.1 Å². The highest BCUT2D eigenvalue weighted by atomic mass is 32.1. The minimum absolute atomic E-state index is 0.507. The summed E-state index contributed by atoms with van der Waals surface area (Å²) in [6.07, 6.45) is 0. The Labute approximate surface area is 91.4 Å². The van der Waals surface area contributed by atoms with E-state index < -0.39 is 7.12 Å². The molecule has 1 aromatic heterocycles. The van der Waals surface area contributed by atoms with Crippen molar-refractivity contribution in [3.8, 4) is 6.07 Å². The molecule has 0 aliphatic carbocycles. The molecule has 0 spiro atoms. The Hall–Kier alpha value is -1.35. The molecule has 0 atom stereocenters. The van der Waals surface area contributed by atoms with Crippen molar-refractivity contribution in [1.29, 1.82) is 5.26 Å². The molecule has 2 aromatic rings. The molecule has 0 aliphatic heterocycles. The zero-order valence-electron chi connectivity index (χ0n) is 8.06. The number of aryl methyl sites for hydroxylation is 1. The molecule has 15 heavy (non-hydrogen) atoms.